The smallest absolute Gasteiger partial charge is 0.134 e. The quantitative estimate of drug-likeness (QED) is 0.886. The number of ether oxygens (including phenoxy) is 1. The Hall–Kier alpha value is -1.36. The van der Waals surface area contributed by atoms with Crippen LogP contribution in [0.5, 0.6) is 5.75 Å². The molecule has 1 aliphatic rings. The average molecular weight is 307 g/mol. The summed E-state index contributed by atoms with van der Waals surface area (Å²) >= 11 is 6.32. The van der Waals surface area contributed by atoms with Crippen LogP contribution < -0.4 is 4.74 Å². The van der Waals surface area contributed by atoms with Gasteiger partial charge in [-0.1, -0.05) is 11.6 Å². The highest BCUT2D eigenvalue weighted by molar-refractivity contribution is 6.30. The molecule has 0 spiro atoms. The molecule has 0 amide bonds. The number of piperidine rings is 1. The first-order chi connectivity index (χ1) is 10.2. The maximum absolute atomic E-state index is 9.56. The van der Waals surface area contributed by atoms with Gasteiger partial charge in [0.05, 0.1) is 18.7 Å². The summed E-state index contributed by atoms with van der Waals surface area (Å²) in [4.78, 5) is 6.78. The predicted octanol–water partition coefficient (Wildman–Crippen LogP) is 2.85. The normalized spacial score (nSPS) is 17.3. The zero-order valence-corrected chi connectivity index (χ0v) is 12.8. The van der Waals surface area contributed by atoms with E-state index < -0.39 is 0 Å². The lowest BCUT2D eigenvalue weighted by molar-refractivity contribution is 0.0792. The van der Waals surface area contributed by atoms with E-state index in [1.165, 1.54) is 0 Å². The molecule has 0 atom stereocenters. The van der Waals surface area contributed by atoms with Crippen molar-refractivity contribution in [3.8, 4) is 5.75 Å². The highest BCUT2D eigenvalue weighted by Gasteiger charge is 2.18. The zero-order chi connectivity index (χ0) is 14.8. The Balaban J connectivity index is 1.83. The Morgan fingerprint density at radius 1 is 1.33 bits per heavy atom. The minimum Gasteiger partial charge on any atom is -0.497 e. The molecule has 0 unspecified atom stereocenters. The van der Waals surface area contributed by atoms with Crippen molar-refractivity contribution in [3.63, 3.8) is 0 Å². The van der Waals surface area contributed by atoms with Gasteiger partial charge in [-0.25, -0.2) is 4.98 Å². The molecule has 1 N–H and O–H groups in total. The summed E-state index contributed by atoms with van der Waals surface area (Å²) in [5.41, 5.74) is 1.88. The van der Waals surface area contributed by atoms with Gasteiger partial charge in [0.25, 0.3) is 0 Å². The van der Waals surface area contributed by atoms with Crippen molar-refractivity contribution in [1.29, 1.82) is 0 Å². The molecule has 1 aromatic heterocycles. The molecule has 1 saturated heterocycles. The van der Waals surface area contributed by atoms with Gasteiger partial charge >= 0.3 is 0 Å². The van der Waals surface area contributed by atoms with E-state index in [0.717, 1.165) is 54.7 Å². The van der Waals surface area contributed by atoms with E-state index in [-0.39, 0.29) is 6.10 Å². The predicted molar refractivity (Wildman–Crippen MR) is 83.8 cm³/mol. The van der Waals surface area contributed by atoms with E-state index in [4.69, 9.17) is 16.3 Å². The topological polar surface area (TPSA) is 45.6 Å². The number of halogens is 1. The maximum Gasteiger partial charge on any atom is 0.134 e. The Morgan fingerprint density at radius 3 is 2.81 bits per heavy atom. The fourth-order valence-electron chi connectivity index (χ4n) is 2.72. The van der Waals surface area contributed by atoms with E-state index in [2.05, 4.69) is 16.0 Å². The lowest BCUT2D eigenvalue weighted by atomic mass is 10.1. The second-order valence-corrected chi connectivity index (χ2v) is 5.86. The first-order valence-corrected chi connectivity index (χ1v) is 7.57. The lowest BCUT2D eigenvalue weighted by Crippen LogP contribution is -2.35. The van der Waals surface area contributed by atoms with Crippen LogP contribution in [0.25, 0.3) is 10.9 Å². The van der Waals surface area contributed by atoms with Crippen LogP contribution in [0, 0.1) is 0 Å². The molecule has 0 aliphatic carbocycles. The highest BCUT2D eigenvalue weighted by atomic mass is 35.5. The molecule has 2 aromatic rings. The summed E-state index contributed by atoms with van der Waals surface area (Å²) < 4.78 is 5.21. The molecule has 4 nitrogen and oxygen atoms in total. The van der Waals surface area contributed by atoms with Gasteiger partial charge in [0.1, 0.15) is 10.9 Å². The second-order valence-electron chi connectivity index (χ2n) is 5.50. The van der Waals surface area contributed by atoms with Gasteiger partial charge in [-0.05, 0) is 31.0 Å². The molecule has 112 valence electrons. The number of rotatable bonds is 3. The van der Waals surface area contributed by atoms with E-state index in [1.807, 2.05) is 18.2 Å². The van der Waals surface area contributed by atoms with Gasteiger partial charge in [0.2, 0.25) is 0 Å². The summed E-state index contributed by atoms with van der Waals surface area (Å²) in [5, 5.41) is 11.2. The van der Waals surface area contributed by atoms with E-state index >= 15 is 0 Å². The Morgan fingerprint density at radius 2 is 2.10 bits per heavy atom. The highest BCUT2D eigenvalue weighted by Crippen LogP contribution is 2.25. The van der Waals surface area contributed by atoms with Gasteiger partial charge in [0, 0.05) is 36.7 Å². The van der Waals surface area contributed by atoms with Crippen LogP contribution in [0.4, 0.5) is 0 Å². The standard InChI is InChI=1S/C16H19ClN2O2/c1-21-14-3-2-11-8-12(16(17)18-15(11)9-14)10-19-6-4-13(20)5-7-19/h2-3,8-9,13,20H,4-7,10H2,1H3. The van der Waals surface area contributed by atoms with Crippen LogP contribution in [0.2, 0.25) is 5.15 Å². The first kappa shape index (κ1) is 14.6. The van der Waals surface area contributed by atoms with Crippen LogP contribution >= 0.6 is 11.6 Å². The van der Waals surface area contributed by atoms with Crippen molar-refractivity contribution in [2.24, 2.45) is 0 Å². The minimum atomic E-state index is -0.154. The number of hydrogen-bond acceptors (Lipinski definition) is 4. The third kappa shape index (κ3) is 3.28. The summed E-state index contributed by atoms with van der Waals surface area (Å²) in [7, 11) is 1.64. The third-order valence-corrected chi connectivity index (χ3v) is 4.33. The largest absolute Gasteiger partial charge is 0.497 e. The van der Waals surface area contributed by atoms with Crippen LogP contribution in [0.3, 0.4) is 0 Å². The number of likely N-dealkylation sites (tertiary alicyclic amines) is 1. The van der Waals surface area contributed by atoms with Crippen molar-refractivity contribution in [1.82, 2.24) is 9.88 Å². The summed E-state index contributed by atoms with van der Waals surface area (Å²) in [6.07, 6.45) is 1.50. The summed E-state index contributed by atoms with van der Waals surface area (Å²) in [6.45, 7) is 2.58. The molecule has 1 aliphatic heterocycles. The van der Waals surface area contributed by atoms with Crippen molar-refractivity contribution >= 4 is 22.5 Å². The molecule has 21 heavy (non-hydrogen) atoms. The molecule has 3 rings (SSSR count). The molecule has 0 bridgehead atoms. The van der Waals surface area contributed by atoms with Crippen molar-refractivity contribution < 1.29 is 9.84 Å². The first-order valence-electron chi connectivity index (χ1n) is 7.19. The van der Waals surface area contributed by atoms with Gasteiger partial charge in [-0.2, -0.15) is 0 Å². The number of hydrogen-bond donors (Lipinski definition) is 1. The van der Waals surface area contributed by atoms with Crippen molar-refractivity contribution in [2.45, 2.75) is 25.5 Å². The van der Waals surface area contributed by atoms with Crippen molar-refractivity contribution in [2.75, 3.05) is 20.2 Å². The minimum absolute atomic E-state index is 0.154. The van der Waals surface area contributed by atoms with Gasteiger partial charge in [0.15, 0.2) is 0 Å². The third-order valence-electron chi connectivity index (χ3n) is 4.00. The lowest BCUT2D eigenvalue weighted by Gasteiger charge is -2.29. The number of benzene rings is 1. The number of aromatic nitrogens is 1. The van der Waals surface area contributed by atoms with Crippen LogP contribution in [0.15, 0.2) is 24.3 Å². The fraction of sp³-hybridized carbons (Fsp3) is 0.438. The van der Waals surface area contributed by atoms with E-state index in [0.29, 0.717) is 5.15 Å². The van der Waals surface area contributed by atoms with Crippen LogP contribution in [0.1, 0.15) is 18.4 Å². The van der Waals surface area contributed by atoms with Gasteiger partial charge in [-0.3, -0.25) is 4.90 Å². The second kappa shape index (κ2) is 6.18. The number of aliphatic hydroxyl groups is 1. The van der Waals surface area contributed by atoms with E-state index in [1.54, 1.807) is 7.11 Å². The monoisotopic (exact) mass is 306 g/mol. The molecule has 0 radical (unpaired) electrons. The molecule has 1 aromatic carbocycles. The Kier molecular flexibility index (Phi) is 4.29. The molecule has 1 fully saturated rings. The SMILES string of the molecule is COc1ccc2cc(CN3CCC(O)CC3)c(Cl)nc2c1. The van der Waals surface area contributed by atoms with Crippen molar-refractivity contribution in [3.05, 3.63) is 35.0 Å². The molecule has 5 heteroatoms. The summed E-state index contributed by atoms with van der Waals surface area (Å²) in [6, 6.07) is 7.91. The average Bonchev–Trinajstić information content (AvgIpc) is 2.50. The van der Waals surface area contributed by atoms with Crippen LogP contribution in [-0.2, 0) is 6.54 Å². The molecule has 0 saturated carbocycles. The summed E-state index contributed by atoms with van der Waals surface area (Å²) in [5.74, 6) is 0.781. The van der Waals surface area contributed by atoms with E-state index in [9.17, 15) is 5.11 Å². The number of nitrogens with zero attached hydrogens (tertiary/aromatic N) is 2. The molecule has 2 heterocycles. The van der Waals surface area contributed by atoms with Gasteiger partial charge < -0.3 is 9.84 Å². The number of methoxy groups -OCH3 is 1. The van der Waals surface area contributed by atoms with Crippen LogP contribution in [-0.4, -0.2) is 41.3 Å². The Labute approximate surface area is 129 Å². The number of aliphatic hydroxyl groups excluding tert-OH is 1. The zero-order valence-electron chi connectivity index (χ0n) is 12.1. The number of fused-ring (bicyclic) bond motifs is 1. The Bertz CT molecular complexity index is 639. The van der Waals surface area contributed by atoms with Gasteiger partial charge in [-0.15, -0.1) is 0 Å². The molecular weight excluding hydrogens is 288 g/mol. The maximum atomic E-state index is 9.56. The number of pyridine rings is 1. The molecular formula is C16H19ClN2O2. The fourth-order valence-corrected chi connectivity index (χ4v) is 2.93.